The fraction of sp³-hybridized carbons (Fsp3) is 0.700. The maximum absolute atomic E-state index is 4.52. The molecule has 0 aromatic carbocycles. The Morgan fingerprint density at radius 2 is 2.44 bits per heavy atom. The van der Waals surface area contributed by atoms with E-state index in [0.29, 0.717) is 5.41 Å². The van der Waals surface area contributed by atoms with Crippen molar-refractivity contribution in [3.63, 3.8) is 0 Å². The maximum atomic E-state index is 4.52. The summed E-state index contributed by atoms with van der Waals surface area (Å²) in [4.78, 5) is 4.52. The SMILES string of the molecule is CC1(C)CN=C(NCCn2ccnn2)SC1. The molecular formula is C10H17N5S. The third-order valence-electron chi connectivity index (χ3n) is 2.34. The molecule has 0 saturated carbocycles. The second-order valence-corrected chi connectivity index (χ2v) is 5.63. The van der Waals surface area contributed by atoms with Crippen molar-refractivity contribution in [1.82, 2.24) is 20.3 Å². The van der Waals surface area contributed by atoms with Crippen LogP contribution in [0, 0.1) is 5.41 Å². The minimum Gasteiger partial charge on any atom is -0.363 e. The summed E-state index contributed by atoms with van der Waals surface area (Å²) in [5.74, 6) is 1.13. The van der Waals surface area contributed by atoms with Crippen molar-refractivity contribution in [3.05, 3.63) is 12.4 Å². The molecule has 1 aromatic heterocycles. The van der Waals surface area contributed by atoms with Crippen molar-refractivity contribution in [2.24, 2.45) is 10.4 Å². The zero-order valence-corrected chi connectivity index (χ0v) is 10.5. The summed E-state index contributed by atoms with van der Waals surface area (Å²) in [6.45, 7) is 7.07. The van der Waals surface area contributed by atoms with Gasteiger partial charge in [-0.1, -0.05) is 30.8 Å². The molecule has 16 heavy (non-hydrogen) atoms. The molecule has 0 aliphatic carbocycles. The van der Waals surface area contributed by atoms with Gasteiger partial charge in [-0.3, -0.25) is 9.67 Å². The highest BCUT2D eigenvalue weighted by Crippen LogP contribution is 2.26. The molecule has 0 bridgehead atoms. The molecule has 1 aliphatic heterocycles. The monoisotopic (exact) mass is 239 g/mol. The van der Waals surface area contributed by atoms with Crippen LogP contribution in [0.5, 0.6) is 0 Å². The van der Waals surface area contributed by atoms with Crippen molar-refractivity contribution in [1.29, 1.82) is 0 Å². The highest BCUT2D eigenvalue weighted by Gasteiger charge is 2.22. The standard InChI is InChI=1S/C10H17N5S/c1-10(2)7-12-9(16-8-10)11-3-5-15-6-4-13-14-15/h4,6H,3,5,7-8H2,1-2H3,(H,11,12). The van der Waals surface area contributed by atoms with Crippen molar-refractivity contribution in [2.45, 2.75) is 20.4 Å². The van der Waals surface area contributed by atoms with E-state index < -0.39 is 0 Å². The lowest BCUT2D eigenvalue weighted by Crippen LogP contribution is -2.32. The van der Waals surface area contributed by atoms with Crippen LogP contribution in [0.1, 0.15) is 13.8 Å². The molecule has 0 radical (unpaired) electrons. The predicted molar refractivity (Wildman–Crippen MR) is 66.6 cm³/mol. The third kappa shape index (κ3) is 3.23. The number of aromatic nitrogens is 3. The molecule has 6 heteroatoms. The largest absolute Gasteiger partial charge is 0.363 e. The summed E-state index contributed by atoms with van der Waals surface area (Å²) in [5, 5.41) is 12.0. The van der Waals surface area contributed by atoms with Gasteiger partial charge in [0.05, 0.1) is 12.7 Å². The predicted octanol–water partition coefficient (Wildman–Crippen LogP) is 0.997. The summed E-state index contributed by atoms with van der Waals surface area (Å²) < 4.78 is 1.81. The normalized spacial score (nSPS) is 19.2. The first-order valence-corrected chi connectivity index (χ1v) is 6.39. The van der Waals surface area contributed by atoms with Crippen molar-refractivity contribution in [3.8, 4) is 0 Å². The maximum Gasteiger partial charge on any atom is 0.156 e. The van der Waals surface area contributed by atoms with Crippen molar-refractivity contribution >= 4 is 16.9 Å². The minimum absolute atomic E-state index is 0.335. The highest BCUT2D eigenvalue weighted by molar-refractivity contribution is 8.13. The number of aliphatic imine (C=N–C) groups is 1. The number of rotatable bonds is 3. The van der Waals surface area contributed by atoms with Gasteiger partial charge >= 0.3 is 0 Å². The van der Waals surface area contributed by atoms with E-state index in [9.17, 15) is 0 Å². The molecule has 1 aliphatic rings. The van der Waals surface area contributed by atoms with Gasteiger partial charge in [0.15, 0.2) is 5.17 Å². The van der Waals surface area contributed by atoms with Crippen LogP contribution in [-0.4, -0.2) is 39.0 Å². The summed E-state index contributed by atoms with van der Waals surface area (Å²) in [6.07, 6.45) is 3.55. The minimum atomic E-state index is 0.335. The summed E-state index contributed by atoms with van der Waals surface area (Å²) in [7, 11) is 0. The Morgan fingerprint density at radius 1 is 1.56 bits per heavy atom. The van der Waals surface area contributed by atoms with Crippen LogP contribution in [-0.2, 0) is 6.54 Å². The molecule has 2 heterocycles. The van der Waals surface area contributed by atoms with Crippen molar-refractivity contribution in [2.75, 3.05) is 18.8 Å². The third-order valence-corrected chi connectivity index (χ3v) is 3.81. The summed E-state index contributed by atoms with van der Waals surface area (Å²) >= 11 is 1.80. The molecule has 1 aromatic rings. The topological polar surface area (TPSA) is 55.1 Å². The van der Waals surface area contributed by atoms with E-state index >= 15 is 0 Å². The molecular weight excluding hydrogens is 222 g/mol. The van der Waals surface area contributed by atoms with E-state index in [1.165, 1.54) is 0 Å². The first kappa shape index (κ1) is 11.4. The number of amidine groups is 1. The molecule has 0 amide bonds. The highest BCUT2D eigenvalue weighted by atomic mass is 32.2. The van der Waals surface area contributed by atoms with Gasteiger partial charge in [0.1, 0.15) is 0 Å². The van der Waals surface area contributed by atoms with Crippen LogP contribution >= 0.6 is 11.8 Å². The van der Waals surface area contributed by atoms with E-state index in [1.807, 2.05) is 10.9 Å². The Bertz CT molecular complexity index is 357. The van der Waals surface area contributed by atoms with Gasteiger partial charge in [-0.15, -0.1) is 5.10 Å². The quantitative estimate of drug-likeness (QED) is 0.855. The smallest absolute Gasteiger partial charge is 0.156 e. The lowest BCUT2D eigenvalue weighted by Gasteiger charge is -2.27. The number of thioether (sulfide) groups is 1. The average molecular weight is 239 g/mol. The summed E-state index contributed by atoms with van der Waals surface area (Å²) in [5.41, 5.74) is 0.335. The van der Waals surface area contributed by atoms with E-state index in [2.05, 4.69) is 34.5 Å². The van der Waals surface area contributed by atoms with Crippen LogP contribution in [0.25, 0.3) is 0 Å². The van der Waals surface area contributed by atoms with E-state index in [-0.39, 0.29) is 0 Å². The van der Waals surface area contributed by atoms with Gasteiger partial charge in [-0.25, -0.2) is 0 Å². The Balaban J connectivity index is 1.73. The van der Waals surface area contributed by atoms with Crippen LogP contribution in [0.4, 0.5) is 0 Å². The van der Waals surface area contributed by atoms with Gasteiger partial charge in [0.25, 0.3) is 0 Å². The molecule has 0 fully saturated rings. The van der Waals surface area contributed by atoms with Gasteiger partial charge in [0, 0.05) is 25.0 Å². The van der Waals surface area contributed by atoms with Crippen molar-refractivity contribution < 1.29 is 0 Å². The Labute approximate surface area is 99.7 Å². The van der Waals surface area contributed by atoms with Gasteiger partial charge in [0.2, 0.25) is 0 Å². The zero-order chi connectivity index (χ0) is 11.4. The van der Waals surface area contributed by atoms with Gasteiger partial charge < -0.3 is 5.32 Å². The first-order valence-electron chi connectivity index (χ1n) is 5.41. The van der Waals surface area contributed by atoms with Gasteiger partial charge in [-0.2, -0.15) is 0 Å². The van der Waals surface area contributed by atoms with E-state index in [0.717, 1.165) is 30.6 Å². The van der Waals surface area contributed by atoms with Crippen LogP contribution in [0.2, 0.25) is 0 Å². The summed E-state index contributed by atoms with van der Waals surface area (Å²) in [6, 6.07) is 0. The fourth-order valence-electron chi connectivity index (χ4n) is 1.38. The number of nitrogens with one attached hydrogen (secondary N) is 1. The zero-order valence-electron chi connectivity index (χ0n) is 9.68. The average Bonchev–Trinajstić information content (AvgIpc) is 2.73. The molecule has 88 valence electrons. The first-order chi connectivity index (χ1) is 7.66. The Kier molecular flexibility index (Phi) is 3.48. The molecule has 1 N–H and O–H groups in total. The number of nitrogens with zero attached hydrogens (tertiary/aromatic N) is 4. The Morgan fingerprint density at radius 3 is 3.06 bits per heavy atom. The number of hydrogen-bond acceptors (Lipinski definition) is 5. The Hall–Kier alpha value is -1.04. The lowest BCUT2D eigenvalue weighted by atomic mass is 9.97. The molecule has 0 atom stereocenters. The lowest BCUT2D eigenvalue weighted by molar-refractivity contribution is 0.436. The van der Waals surface area contributed by atoms with Crippen LogP contribution in [0.15, 0.2) is 17.4 Å². The molecule has 0 saturated heterocycles. The second kappa shape index (κ2) is 4.86. The molecule has 0 unspecified atom stereocenters. The molecule has 5 nitrogen and oxygen atoms in total. The van der Waals surface area contributed by atoms with Crippen LogP contribution in [0.3, 0.4) is 0 Å². The molecule has 0 spiro atoms. The number of hydrogen-bond donors (Lipinski definition) is 1. The van der Waals surface area contributed by atoms with E-state index in [4.69, 9.17) is 0 Å². The van der Waals surface area contributed by atoms with E-state index in [1.54, 1.807) is 18.0 Å². The van der Waals surface area contributed by atoms with Crippen LogP contribution < -0.4 is 5.32 Å². The fourth-order valence-corrected chi connectivity index (χ4v) is 2.36. The van der Waals surface area contributed by atoms with Gasteiger partial charge in [-0.05, 0) is 5.41 Å². The second-order valence-electron chi connectivity index (χ2n) is 4.67. The molecule has 2 rings (SSSR count).